The first-order chi connectivity index (χ1) is 16.7. The number of cyclic esters (lactones) is 1. The number of aromatic nitrogens is 2. The van der Waals surface area contributed by atoms with Crippen LogP contribution in [0.15, 0.2) is 16.9 Å². The lowest BCUT2D eigenvalue weighted by atomic mass is 9.81. The second-order valence-corrected chi connectivity index (χ2v) is 10.2. The standard InChI is InChI=1S/C27H28FN3O4/c1-5-27(34)17-8-21-24-15(10-31(21)25(32)16(17)11-35-26(27)33)23-19(29-12(2)3)7-6-14-13(4)18(28)9-20(30-24)22(14)23/h8-9,12,19,29,34H,5-7,10-11H2,1-4H3/t19?,27-/m0/s1. The molecule has 8 heteroatoms. The molecule has 2 atom stereocenters. The molecule has 0 radical (unpaired) electrons. The van der Waals surface area contributed by atoms with Crippen molar-refractivity contribution >= 4 is 16.9 Å². The van der Waals surface area contributed by atoms with Crippen LogP contribution in [0.2, 0.25) is 0 Å². The molecule has 1 aliphatic carbocycles. The van der Waals surface area contributed by atoms with Gasteiger partial charge < -0.3 is 19.7 Å². The topological polar surface area (TPSA) is 93.5 Å². The molecule has 6 rings (SSSR count). The molecule has 1 unspecified atom stereocenters. The predicted octanol–water partition coefficient (Wildman–Crippen LogP) is 3.51. The first-order valence-electron chi connectivity index (χ1n) is 12.2. The number of ether oxygens (including phenoxy) is 1. The molecule has 3 aliphatic rings. The van der Waals surface area contributed by atoms with Crippen LogP contribution in [0.4, 0.5) is 4.39 Å². The summed E-state index contributed by atoms with van der Waals surface area (Å²) < 4.78 is 21.7. The first kappa shape index (κ1) is 22.4. The van der Waals surface area contributed by atoms with Crippen LogP contribution in [0, 0.1) is 12.7 Å². The van der Waals surface area contributed by atoms with E-state index in [0.29, 0.717) is 34.6 Å². The Labute approximate surface area is 201 Å². The molecule has 1 aromatic carbocycles. The molecule has 182 valence electrons. The highest BCUT2D eigenvalue weighted by Gasteiger charge is 2.45. The summed E-state index contributed by atoms with van der Waals surface area (Å²) in [6, 6.07) is 3.47. The van der Waals surface area contributed by atoms with E-state index < -0.39 is 11.6 Å². The third-order valence-electron chi connectivity index (χ3n) is 7.91. The van der Waals surface area contributed by atoms with Gasteiger partial charge in [0, 0.05) is 34.7 Å². The zero-order valence-corrected chi connectivity index (χ0v) is 20.3. The summed E-state index contributed by atoms with van der Waals surface area (Å²) >= 11 is 0. The largest absolute Gasteiger partial charge is 0.458 e. The van der Waals surface area contributed by atoms with Crippen LogP contribution in [-0.4, -0.2) is 26.7 Å². The molecule has 0 saturated heterocycles. The fourth-order valence-corrected chi connectivity index (χ4v) is 6.12. The van der Waals surface area contributed by atoms with Gasteiger partial charge in [0.2, 0.25) is 0 Å². The number of hydrogen-bond donors (Lipinski definition) is 2. The second-order valence-electron chi connectivity index (χ2n) is 10.2. The number of benzene rings is 1. The van der Waals surface area contributed by atoms with Gasteiger partial charge >= 0.3 is 5.97 Å². The van der Waals surface area contributed by atoms with E-state index in [1.807, 2.05) is 6.92 Å². The maximum atomic E-state index is 14.9. The lowest BCUT2D eigenvalue weighted by Gasteiger charge is -2.31. The molecule has 2 N–H and O–H groups in total. The Bertz CT molecular complexity index is 1510. The summed E-state index contributed by atoms with van der Waals surface area (Å²) in [5.41, 5.74) is 3.76. The van der Waals surface area contributed by atoms with Crippen molar-refractivity contribution in [3.63, 3.8) is 0 Å². The Morgan fingerprint density at radius 2 is 2.06 bits per heavy atom. The highest BCUT2D eigenvalue weighted by atomic mass is 19.1. The molecule has 0 bridgehead atoms. The van der Waals surface area contributed by atoms with E-state index in [9.17, 15) is 19.1 Å². The van der Waals surface area contributed by atoms with Crippen molar-refractivity contribution in [3.05, 3.63) is 61.7 Å². The molecule has 0 fully saturated rings. The molecule has 7 nitrogen and oxygen atoms in total. The number of carbonyl (C=O) groups is 1. The van der Waals surface area contributed by atoms with Crippen LogP contribution in [-0.2, 0) is 34.7 Å². The quantitative estimate of drug-likeness (QED) is 0.439. The number of nitrogens with one attached hydrogen (secondary N) is 1. The number of carbonyl (C=O) groups excluding carboxylic acids is 1. The lowest BCUT2D eigenvalue weighted by molar-refractivity contribution is -0.172. The zero-order chi connectivity index (χ0) is 24.8. The molecule has 4 heterocycles. The maximum Gasteiger partial charge on any atom is 0.343 e. The Morgan fingerprint density at radius 1 is 1.29 bits per heavy atom. The van der Waals surface area contributed by atoms with Crippen LogP contribution >= 0.6 is 0 Å². The number of hydrogen-bond acceptors (Lipinski definition) is 6. The molecule has 35 heavy (non-hydrogen) atoms. The zero-order valence-electron chi connectivity index (χ0n) is 20.3. The maximum absolute atomic E-state index is 14.9. The summed E-state index contributed by atoms with van der Waals surface area (Å²) in [7, 11) is 0. The Kier molecular flexibility index (Phi) is 4.76. The predicted molar refractivity (Wildman–Crippen MR) is 129 cm³/mol. The van der Waals surface area contributed by atoms with Crippen molar-refractivity contribution in [3.8, 4) is 11.4 Å². The van der Waals surface area contributed by atoms with Gasteiger partial charge in [-0.05, 0) is 48.9 Å². The average Bonchev–Trinajstić information content (AvgIpc) is 3.19. The van der Waals surface area contributed by atoms with Gasteiger partial charge in [0.25, 0.3) is 5.56 Å². The molecule has 0 spiro atoms. The minimum atomic E-state index is -1.88. The summed E-state index contributed by atoms with van der Waals surface area (Å²) in [5, 5.41) is 15.8. The van der Waals surface area contributed by atoms with Gasteiger partial charge in [-0.15, -0.1) is 0 Å². The minimum Gasteiger partial charge on any atom is -0.458 e. The van der Waals surface area contributed by atoms with Crippen molar-refractivity contribution in [2.45, 2.75) is 77.8 Å². The molecule has 3 aromatic rings. The van der Waals surface area contributed by atoms with Gasteiger partial charge in [0.1, 0.15) is 12.4 Å². The van der Waals surface area contributed by atoms with E-state index in [1.165, 1.54) is 6.07 Å². The van der Waals surface area contributed by atoms with Crippen molar-refractivity contribution in [2.75, 3.05) is 0 Å². The van der Waals surface area contributed by atoms with E-state index in [-0.39, 0.29) is 42.1 Å². The number of aryl methyl sites for hydroxylation is 1. The van der Waals surface area contributed by atoms with Gasteiger partial charge in [-0.1, -0.05) is 20.8 Å². The third kappa shape index (κ3) is 2.93. The van der Waals surface area contributed by atoms with Gasteiger partial charge in [-0.25, -0.2) is 14.2 Å². The van der Waals surface area contributed by atoms with E-state index in [0.717, 1.165) is 34.9 Å². The van der Waals surface area contributed by atoms with E-state index >= 15 is 0 Å². The lowest BCUT2D eigenvalue weighted by Crippen LogP contribution is -2.44. The minimum absolute atomic E-state index is 0.0451. The number of pyridine rings is 2. The molecule has 2 aromatic heterocycles. The fourth-order valence-electron chi connectivity index (χ4n) is 6.12. The third-order valence-corrected chi connectivity index (χ3v) is 7.91. The molecular formula is C27H28FN3O4. The Morgan fingerprint density at radius 3 is 2.77 bits per heavy atom. The highest BCUT2D eigenvalue weighted by molar-refractivity contribution is 5.93. The number of halogens is 1. The van der Waals surface area contributed by atoms with Crippen LogP contribution in [0.25, 0.3) is 22.3 Å². The van der Waals surface area contributed by atoms with E-state index in [4.69, 9.17) is 9.72 Å². The first-order valence-corrected chi connectivity index (χ1v) is 12.2. The van der Waals surface area contributed by atoms with Gasteiger partial charge in [-0.2, -0.15) is 0 Å². The van der Waals surface area contributed by atoms with E-state index in [1.54, 1.807) is 17.6 Å². The number of nitrogens with zero attached hydrogens (tertiary/aromatic N) is 2. The fraction of sp³-hybridized carbons (Fsp3) is 0.444. The normalized spacial score (nSPS) is 22.3. The average molecular weight is 478 g/mol. The second kappa shape index (κ2) is 7.45. The van der Waals surface area contributed by atoms with Crippen LogP contribution in [0.1, 0.15) is 73.0 Å². The van der Waals surface area contributed by atoms with Gasteiger partial charge in [-0.3, -0.25) is 4.79 Å². The number of rotatable bonds is 3. The molecular weight excluding hydrogens is 449 g/mol. The molecule has 2 aliphatic heterocycles. The monoisotopic (exact) mass is 477 g/mol. The van der Waals surface area contributed by atoms with Crippen molar-refractivity contribution < 1.29 is 19.0 Å². The van der Waals surface area contributed by atoms with Crippen molar-refractivity contribution in [2.24, 2.45) is 0 Å². The van der Waals surface area contributed by atoms with Gasteiger partial charge in [0.15, 0.2) is 5.60 Å². The summed E-state index contributed by atoms with van der Waals surface area (Å²) in [6.07, 6.45) is 1.65. The number of esters is 1. The molecule has 0 saturated carbocycles. The van der Waals surface area contributed by atoms with Gasteiger partial charge in [0.05, 0.1) is 29.0 Å². The number of aliphatic hydroxyl groups is 1. The smallest absolute Gasteiger partial charge is 0.343 e. The van der Waals surface area contributed by atoms with Crippen LogP contribution in [0.3, 0.4) is 0 Å². The summed E-state index contributed by atoms with van der Waals surface area (Å²) in [4.78, 5) is 30.9. The van der Waals surface area contributed by atoms with Crippen LogP contribution < -0.4 is 10.9 Å². The number of fused-ring (bicyclic) bond motifs is 5. The SMILES string of the molecule is CC[C@@]1(O)C(=O)OCc2c1cc1n(c2=O)Cc2c-1nc1cc(F)c(C)c3c1c2C(NC(C)C)CC3. The summed E-state index contributed by atoms with van der Waals surface area (Å²) in [6.45, 7) is 7.85. The van der Waals surface area contributed by atoms with Crippen molar-refractivity contribution in [1.82, 2.24) is 14.9 Å². The van der Waals surface area contributed by atoms with Crippen molar-refractivity contribution in [1.29, 1.82) is 0 Å². The summed E-state index contributed by atoms with van der Waals surface area (Å²) in [5.74, 6) is -1.04. The Balaban J connectivity index is 1.68. The van der Waals surface area contributed by atoms with E-state index in [2.05, 4.69) is 19.2 Å². The highest BCUT2D eigenvalue weighted by Crippen LogP contribution is 2.46. The Hall–Kier alpha value is -3.10. The molecule has 0 amide bonds. The van der Waals surface area contributed by atoms with Crippen LogP contribution in [0.5, 0.6) is 0 Å².